The SMILES string of the molecule is CSCc1ccc(CNC2CCCCC2CO)o1. The maximum atomic E-state index is 9.37. The summed E-state index contributed by atoms with van der Waals surface area (Å²) in [7, 11) is 0. The lowest BCUT2D eigenvalue weighted by Crippen LogP contribution is -2.39. The topological polar surface area (TPSA) is 45.4 Å². The Morgan fingerprint density at radius 1 is 1.33 bits per heavy atom. The Kier molecular flexibility index (Phi) is 5.60. The molecule has 2 N–H and O–H groups in total. The number of furan rings is 1. The summed E-state index contributed by atoms with van der Waals surface area (Å²) >= 11 is 1.77. The summed E-state index contributed by atoms with van der Waals surface area (Å²) in [5.41, 5.74) is 0. The molecule has 0 spiro atoms. The highest BCUT2D eigenvalue weighted by molar-refractivity contribution is 7.97. The van der Waals surface area contributed by atoms with E-state index < -0.39 is 0 Å². The summed E-state index contributed by atoms with van der Waals surface area (Å²) in [6.07, 6.45) is 6.91. The standard InChI is InChI=1S/C14H23NO2S/c1-18-10-13-7-6-12(17-13)8-15-14-5-3-2-4-11(14)9-16/h6-7,11,14-16H,2-5,8-10H2,1H3. The van der Waals surface area contributed by atoms with Gasteiger partial charge in [0, 0.05) is 12.6 Å². The minimum Gasteiger partial charge on any atom is -0.464 e. The van der Waals surface area contributed by atoms with Crippen molar-refractivity contribution in [2.24, 2.45) is 5.92 Å². The van der Waals surface area contributed by atoms with Crippen molar-refractivity contribution in [1.29, 1.82) is 0 Å². The highest BCUT2D eigenvalue weighted by Crippen LogP contribution is 2.24. The molecule has 1 aromatic heterocycles. The highest BCUT2D eigenvalue weighted by atomic mass is 32.2. The van der Waals surface area contributed by atoms with Gasteiger partial charge in [0.2, 0.25) is 0 Å². The van der Waals surface area contributed by atoms with Gasteiger partial charge in [0.15, 0.2) is 0 Å². The molecule has 0 aromatic carbocycles. The Morgan fingerprint density at radius 3 is 2.89 bits per heavy atom. The molecule has 0 radical (unpaired) electrons. The van der Waals surface area contributed by atoms with E-state index in [2.05, 4.69) is 23.7 Å². The minimum atomic E-state index is 0.299. The van der Waals surface area contributed by atoms with E-state index in [9.17, 15) is 5.11 Å². The lowest BCUT2D eigenvalue weighted by Gasteiger charge is -2.30. The molecule has 1 aromatic rings. The molecule has 1 heterocycles. The molecular weight excluding hydrogens is 246 g/mol. The quantitative estimate of drug-likeness (QED) is 0.833. The molecule has 0 saturated heterocycles. The normalized spacial score (nSPS) is 24.3. The molecule has 1 saturated carbocycles. The first-order valence-electron chi connectivity index (χ1n) is 6.74. The first-order chi connectivity index (χ1) is 8.83. The molecule has 102 valence electrons. The number of thioether (sulfide) groups is 1. The van der Waals surface area contributed by atoms with Gasteiger partial charge in [-0.25, -0.2) is 0 Å². The second-order valence-electron chi connectivity index (χ2n) is 5.02. The molecule has 0 bridgehead atoms. The van der Waals surface area contributed by atoms with Gasteiger partial charge in [0.1, 0.15) is 11.5 Å². The molecule has 18 heavy (non-hydrogen) atoms. The summed E-state index contributed by atoms with van der Waals surface area (Å²) in [6, 6.07) is 4.55. The van der Waals surface area contributed by atoms with Crippen LogP contribution in [0.5, 0.6) is 0 Å². The third-order valence-electron chi connectivity index (χ3n) is 3.69. The zero-order valence-electron chi connectivity index (χ0n) is 11.0. The van der Waals surface area contributed by atoms with Gasteiger partial charge in [0.25, 0.3) is 0 Å². The molecular formula is C14H23NO2S. The minimum absolute atomic E-state index is 0.299. The van der Waals surface area contributed by atoms with Crippen LogP contribution in [0.1, 0.15) is 37.2 Å². The average Bonchev–Trinajstić information content (AvgIpc) is 2.85. The fourth-order valence-corrected chi connectivity index (χ4v) is 3.10. The molecule has 0 aliphatic heterocycles. The lowest BCUT2D eigenvalue weighted by molar-refractivity contribution is 0.151. The van der Waals surface area contributed by atoms with E-state index in [4.69, 9.17) is 4.42 Å². The first-order valence-corrected chi connectivity index (χ1v) is 8.13. The van der Waals surface area contributed by atoms with Gasteiger partial charge in [-0.2, -0.15) is 11.8 Å². The predicted octanol–water partition coefficient (Wildman–Crippen LogP) is 2.78. The number of rotatable bonds is 6. The van der Waals surface area contributed by atoms with Gasteiger partial charge in [-0.15, -0.1) is 0 Å². The van der Waals surface area contributed by atoms with E-state index in [1.807, 2.05) is 0 Å². The number of aliphatic hydroxyl groups is 1. The fraction of sp³-hybridized carbons (Fsp3) is 0.714. The van der Waals surface area contributed by atoms with Crippen molar-refractivity contribution in [1.82, 2.24) is 5.32 Å². The maximum Gasteiger partial charge on any atom is 0.118 e. The molecule has 0 amide bonds. The van der Waals surface area contributed by atoms with Gasteiger partial charge in [-0.1, -0.05) is 12.8 Å². The van der Waals surface area contributed by atoms with Gasteiger partial charge in [-0.05, 0) is 37.1 Å². The lowest BCUT2D eigenvalue weighted by atomic mass is 9.85. The monoisotopic (exact) mass is 269 g/mol. The fourth-order valence-electron chi connectivity index (χ4n) is 2.66. The van der Waals surface area contributed by atoms with Crippen LogP contribution in [0.15, 0.2) is 16.5 Å². The molecule has 1 fully saturated rings. The molecule has 2 unspecified atom stereocenters. The number of hydrogen-bond donors (Lipinski definition) is 2. The zero-order valence-corrected chi connectivity index (χ0v) is 11.8. The van der Waals surface area contributed by atoms with Crippen LogP contribution in [0.25, 0.3) is 0 Å². The summed E-state index contributed by atoms with van der Waals surface area (Å²) in [5, 5.41) is 12.9. The van der Waals surface area contributed by atoms with E-state index in [-0.39, 0.29) is 0 Å². The van der Waals surface area contributed by atoms with Crippen LogP contribution in [-0.4, -0.2) is 24.0 Å². The molecule has 1 aliphatic carbocycles. The van der Waals surface area contributed by atoms with Crippen molar-refractivity contribution in [2.75, 3.05) is 12.9 Å². The Labute approximate surface area is 113 Å². The number of nitrogens with one attached hydrogen (secondary N) is 1. The predicted molar refractivity (Wildman–Crippen MR) is 75.6 cm³/mol. The highest BCUT2D eigenvalue weighted by Gasteiger charge is 2.23. The first kappa shape index (κ1) is 14.0. The van der Waals surface area contributed by atoms with Gasteiger partial charge >= 0.3 is 0 Å². The second-order valence-corrected chi connectivity index (χ2v) is 5.88. The maximum absolute atomic E-state index is 9.37. The Hall–Kier alpha value is -0.450. The smallest absolute Gasteiger partial charge is 0.118 e. The molecule has 4 heteroatoms. The molecule has 1 aliphatic rings. The van der Waals surface area contributed by atoms with Crippen LogP contribution in [-0.2, 0) is 12.3 Å². The summed E-state index contributed by atoms with van der Waals surface area (Å²) < 4.78 is 5.74. The van der Waals surface area contributed by atoms with E-state index in [1.54, 1.807) is 11.8 Å². The van der Waals surface area contributed by atoms with E-state index in [0.717, 1.165) is 30.2 Å². The third kappa shape index (κ3) is 3.77. The third-order valence-corrected chi connectivity index (χ3v) is 4.26. The van der Waals surface area contributed by atoms with Crippen LogP contribution < -0.4 is 5.32 Å². The molecule has 2 atom stereocenters. The van der Waals surface area contributed by atoms with Crippen molar-refractivity contribution in [2.45, 2.75) is 44.0 Å². The Bertz CT molecular complexity index is 353. The Morgan fingerprint density at radius 2 is 2.11 bits per heavy atom. The van der Waals surface area contributed by atoms with Crippen LogP contribution in [0.4, 0.5) is 0 Å². The van der Waals surface area contributed by atoms with Crippen LogP contribution >= 0.6 is 11.8 Å². The number of aliphatic hydroxyl groups excluding tert-OH is 1. The van der Waals surface area contributed by atoms with Crippen LogP contribution in [0, 0.1) is 5.92 Å². The van der Waals surface area contributed by atoms with Gasteiger partial charge in [0.05, 0.1) is 12.3 Å². The van der Waals surface area contributed by atoms with E-state index >= 15 is 0 Å². The van der Waals surface area contributed by atoms with Crippen LogP contribution in [0.2, 0.25) is 0 Å². The van der Waals surface area contributed by atoms with Crippen molar-refractivity contribution >= 4 is 11.8 Å². The zero-order chi connectivity index (χ0) is 12.8. The van der Waals surface area contributed by atoms with Crippen molar-refractivity contribution in [3.8, 4) is 0 Å². The Balaban J connectivity index is 1.81. The van der Waals surface area contributed by atoms with Crippen molar-refractivity contribution in [3.05, 3.63) is 23.7 Å². The van der Waals surface area contributed by atoms with Gasteiger partial charge < -0.3 is 14.8 Å². The average molecular weight is 269 g/mol. The molecule has 3 nitrogen and oxygen atoms in total. The van der Waals surface area contributed by atoms with Crippen LogP contribution in [0.3, 0.4) is 0 Å². The van der Waals surface area contributed by atoms with Crippen molar-refractivity contribution < 1.29 is 9.52 Å². The summed E-state index contributed by atoms with van der Waals surface area (Å²) in [6.45, 7) is 1.07. The van der Waals surface area contributed by atoms with Crippen molar-refractivity contribution in [3.63, 3.8) is 0 Å². The number of hydrogen-bond acceptors (Lipinski definition) is 4. The largest absolute Gasteiger partial charge is 0.464 e. The van der Waals surface area contributed by atoms with E-state index in [0.29, 0.717) is 18.6 Å². The summed E-state index contributed by atoms with van der Waals surface area (Å²) in [4.78, 5) is 0. The molecule has 2 rings (SSSR count). The van der Waals surface area contributed by atoms with Gasteiger partial charge in [-0.3, -0.25) is 0 Å². The van der Waals surface area contributed by atoms with E-state index in [1.165, 1.54) is 19.3 Å². The summed E-state index contributed by atoms with van der Waals surface area (Å²) in [5.74, 6) is 3.39. The second kappa shape index (κ2) is 7.22.